The predicted molar refractivity (Wildman–Crippen MR) is 87.3 cm³/mol. The van der Waals surface area contributed by atoms with Gasteiger partial charge in [0.15, 0.2) is 0 Å². The van der Waals surface area contributed by atoms with E-state index in [0.717, 1.165) is 44.3 Å². The average Bonchev–Trinajstić information content (AvgIpc) is 2.91. The van der Waals surface area contributed by atoms with Crippen LogP contribution in [-0.4, -0.2) is 42.0 Å². The molecule has 1 fully saturated rings. The SMILES string of the molecule is Cc1nc(CN2CC[NH+](Cc3ccccc3)CC2)sc1C(=O)[O-]. The minimum absolute atomic E-state index is 0.258. The Labute approximate surface area is 140 Å². The van der Waals surface area contributed by atoms with Gasteiger partial charge in [-0.15, -0.1) is 11.3 Å². The minimum atomic E-state index is -1.12. The maximum absolute atomic E-state index is 11.0. The van der Waals surface area contributed by atoms with Crippen LogP contribution in [-0.2, 0) is 13.1 Å². The number of thiazole rings is 1. The largest absolute Gasteiger partial charge is 0.544 e. The number of nitrogens with zero attached hydrogens (tertiary/aromatic N) is 2. The van der Waals surface area contributed by atoms with Gasteiger partial charge in [0.25, 0.3) is 0 Å². The van der Waals surface area contributed by atoms with E-state index in [1.165, 1.54) is 16.9 Å². The molecule has 1 saturated heterocycles. The quantitative estimate of drug-likeness (QED) is 0.818. The van der Waals surface area contributed by atoms with Gasteiger partial charge >= 0.3 is 0 Å². The molecular formula is C17H21N3O2S. The number of carbonyl (C=O) groups excluding carboxylic acids is 1. The number of hydrogen-bond acceptors (Lipinski definition) is 5. The number of aromatic carboxylic acids is 1. The maximum atomic E-state index is 11.0. The van der Waals surface area contributed by atoms with Crippen LogP contribution in [0.2, 0.25) is 0 Å². The second kappa shape index (κ2) is 7.21. The van der Waals surface area contributed by atoms with Crippen molar-refractivity contribution in [3.8, 4) is 0 Å². The van der Waals surface area contributed by atoms with Gasteiger partial charge in [-0.25, -0.2) is 4.98 Å². The molecule has 3 rings (SSSR count). The summed E-state index contributed by atoms with van der Waals surface area (Å²) < 4.78 is 0. The fourth-order valence-corrected chi connectivity index (χ4v) is 3.93. The van der Waals surface area contributed by atoms with Gasteiger partial charge in [-0.3, -0.25) is 4.90 Å². The van der Waals surface area contributed by atoms with Crippen LogP contribution in [0.4, 0.5) is 0 Å². The molecule has 0 radical (unpaired) electrons. The zero-order chi connectivity index (χ0) is 16.2. The summed E-state index contributed by atoms with van der Waals surface area (Å²) in [6.07, 6.45) is 0. The lowest BCUT2D eigenvalue weighted by Crippen LogP contribution is -3.13. The summed E-state index contributed by atoms with van der Waals surface area (Å²) in [6, 6.07) is 10.6. The van der Waals surface area contributed by atoms with E-state index >= 15 is 0 Å². The third-order valence-electron chi connectivity index (χ3n) is 4.25. The van der Waals surface area contributed by atoms with E-state index in [4.69, 9.17) is 0 Å². The Morgan fingerprint density at radius 2 is 2.00 bits per heavy atom. The first-order valence-electron chi connectivity index (χ1n) is 7.89. The van der Waals surface area contributed by atoms with Gasteiger partial charge in [-0.1, -0.05) is 30.3 Å². The number of nitrogens with one attached hydrogen (secondary N) is 1. The third kappa shape index (κ3) is 4.16. The number of quaternary nitrogens is 1. The number of carboxylic acids is 1. The number of benzene rings is 1. The third-order valence-corrected chi connectivity index (χ3v) is 5.37. The highest BCUT2D eigenvalue weighted by atomic mass is 32.1. The van der Waals surface area contributed by atoms with Crippen LogP contribution < -0.4 is 10.0 Å². The maximum Gasteiger partial charge on any atom is 0.108 e. The van der Waals surface area contributed by atoms with Crippen molar-refractivity contribution in [3.63, 3.8) is 0 Å². The van der Waals surface area contributed by atoms with Crippen molar-refractivity contribution < 1.29 is 14.8 Å². The first-order chi connectivity index (χ1) is 11.1. The van der Waals surface area contributed by atoms with E-state index in [1.807, 2.05) is 6.07 Å². The number of hydrogen-bond donors (Lipinski definition) is 1. The van der Waals surface area contributed by atoms with Crippen LogP contribution in [0.1, 0.15) is 25.9 Å². The molecule has 0 bridgehead atoms. The lowest BCUT2D eigenvalue weighted by Gasteiger charge is -2.31. The molecule has 0 saturated carbocycles. The predicted octanol–water partition coefficient (Wildman–Crippen LogP) is -0.284. The smallest absolute Gasteiger partial charge is 0.108 e. The molecular weight excluding hydrogens is 310 g/mol. The molecule has 23 heavy (non-hydrogen) atoms. The molecule has 122 valence electrons. The van der Waals surface area contributed by atoms with Crippen molar-refractivity contribution in [1.82, 2.24) is 9.88 Å². The molecule has 0 atom stereocenters. The minimum Gasteiger partial charge on any atom is -0.544 e. The number of rotatable bonds is 5. The highest BCUT2D eigenvalue weighted by molar-refractivity contribution is 7.13. The second-order valence-electron chi connectivity index (χ2n) is 6.00. The van der Waals surface area contributed by atoms with Gasteiger partial charge in [-0.05, 0) is 6.92 Å². The van der Waals surface area contributed by atoms with Crippen LogP contribution in [0.3, 0.4) is 0 Å². The van der Waals surface area contributed by atoms with Crippen molar-refractivity contribution in [2.24, 2.45) is 0 Å². The molecule has 0 unspecified atom stereocenters. The summed E-state index contributed by atoms with van der Waals surface area (Å²) in [7, 11) is 0. The molecule has 2 heterocycles. The highest BCUT2D eigenvalue weighted by Gasteiger charge is 2.21. The van der Waals surface area contributed by atoms with Gasteiger partial charge in [0.05, 0.1) is 36.2 Å². The summed E-state index contributed by atoms with van der Waals surface area (Å²) in [5.41, 5.74) is 1.95. The van der Waals surface area contributed by atoms with Gasteiger partial charge in [0, 0.05) is 18.7 Å². The van der Waals surface area contributed by atoms with Gasteiger partial charge < -0.3 is 14.8 Å². The van der Waals surface area contributed by atoms with Crippen LogP contribution in [0.25, 0.3) is 0 Å². The Bertz CT molecular complexity index is 664. The van der Waals surface area contributed by atoms with Crippen LogP contribution in [0, 0.1) is 6.92 Å². The summed E-state index contributed by atoms with van der Waals surface area (Å²) in [5.74, 6) is -1.12. The molecule has 6 heteroatoms. The lowest BCUT2D eigenvalue weighted by molar-refractivity contribution is -0.918. The lowest BCUT2D eigenvalue weighted by atomic mass is 10.2. The Hall–Kier alpha value is -1.76. The molecule has 2 aromatic rings. The van der Waals surface area contributed by atoms with Gasteiger partial charge in [0.1, 0.15) is 11.6 Å². The van der Waals surface area contributed by atoms with E-state index in [0.29, 0.717) is 5.69 Å². The van der Waals surface area contributed by atoms with E-state index in [-0.39, 0.29) is 4.88 Å². The highest BCUT2D eigenvalue weighted by Crippen LogP contribution is 2.18. The zero-order valence-corrected chi connectivity index (χ0v) is 14.1. The molecule has 1 N–H and O–H groups in total. The number of carbonyl (C=O) groups is 1. The first-order valence-corrected chi connectivity index (χ1v) is 8.71. The average molecular weight is 331 g/mol. The summed E-state index contributed by atoms with van der Waals surface area (Å²) in [6.45, 7) is 7.77. The van der Waals surface area contributed by atoms with Crippen LogP contribution >= 0.6 is 11.3 Å². The van der Waals surface area contributed by atoms with Crippen molar-refractivity contribution in [3.05, 3.63) is 51.5 Å². The van der Waals surface area contributed by atoms with Crippen LogP contribution in [0.15, 0.2) is 30.3 Å². The first kappa shape index (κ1) is 16.1. The molecule has 1 aliphatic heterocycles. The Morgan fingerprint density at radius 1 is 1.30 bits per heavy atom. The normalized spacial score (nSPS) is 16.6. The molecule has 0 aliphatic carbocycles. The van der Waals surface area contributed by atoms with Crippen molar-refractivity contribution >= 4 is 17.3 Å². The molecule has 1 aliphatic rings. The Kier molecular flexibility index (Phi) is 5.05. The Balaban J connectivity index is 1.51. The zero-order valence-electron chi connectivity index (χ0n) is 13.2. The monoisotopic (exact) mass is 331 g/mol. The molecule has 1 aromatic heterocycles. The topological polar surface area (TPSA) is 60.7 Å². The molecule has 0 amide bonds. The van der Waals surface area contributed by atoms with Crippen molar-refractivity contribution in [1.29, 1.82) is 0 Å². The number of carboxylic acid groups (broad SMARTS) is 1. The summed E-state index contributed by atoms with van der Waals surface area (Å²) >= 11 is 1.24. The van der Waals surface area contributed by atoms with E-state index in [2.05, 4.69) is 34.1 Å². The van der Waals surface area contributed by atoms with E-state index in [9.17, 15) is 9.90 Å². The van der Waals surface area contributed by atoms with Crippen molar-refractivity contribution in [2.45, 2.75) is 20.0 Å². The van der Waals surface area contributed by atoms with E-state index < -0.39 is 5.97 Å². The second-order valence-corrected chi connectivity index (χ2v) is 7.08. The Morgan fingerprint density at radius 3 is 2.61 bits per heavy atom. The molecule has 5 nitrogen and oxygen atoms in total. The summed E-state index contributed by atoms with van der Waals surface area (Å²) in [4.78, 5) is 19.6. The van der Waals surface area contributed by atoms with Crippen molar-refractivity contribution in [2.75, 3.05) is 26.2 Å². The number of aromatic nitrogens is 1. The number of aryl methyl sites for hydroxylation is 1. The van der Waals surface area contributed by atoms with Crippen LogP contribution in [0.5, 0.6) is 0 Å². The standard InChI is InChI=1S/C17H21N3O2S/c1-13-16(17(21)22)23-15(18-13)12-20-9-7-19(8-10-20)11-14-5-3-2-4-6-14/h2-6H,7-12H2,1H3,(H,21,22). The van der Waals surface area contributed by atoms with Gasteiger partial charge in [-0.2, -0.15) is 0 Å². The fraction of sp³-hybridized carbons (Fsp3) is 0.412. The molecule has 0 spiro atoms. The fourth-order valence-electron chi connectivity index (χ4n) is 2.99. The molecule has 1 aromatic carbocycles. The number of piperazine rings is 1. The summed E-state index contributed by atoms with van der Waals surface area (Å²) in [5, 5.41) is 11.9. The van der Waals surface area contributed by atoms with Gasteiger partial charge in [0.2, 0.25) is 0 Å². The van der Waals surface area contributed by atoms with E-state index in [1.54, 1.807) is 11.8 Å².